The van der Waals surface area contributed by atoms with Crippen LogP contribution >= 0.6 is 11.8 Å². The summed E-state index contributed by atoms with van der Waals surface area (Å²) in [5.41, 5.74) is 0.192. The maximum Gasteiger partial charge on any atom is 0.247 e. The highest BCUT2D eigenvalue weighted by molar-refractivity contribution is 8.02. The SMILES string of the molecule is C=CCN(C)C(=O)[C@@H]1[C@H]2C(=O)N([C@H](CO)c3ccccc3)C(C(=O)N(CC=C)C(C)(C)CC(C)(C)C)C23CC[C@@]1(C)S3. The summed E-state index contributed by atoms with van der Waals surface area (Å²) in [5.74, 6) is -1.68. The fraction of sp³-hybridized carbons (Fsp3) is 0.618. The van der Waals surface area contributed by atoms with E-state index in [1.165, 1.54) is 0 Å². The van der Waals surface area contributed by atoms with Crippen molar-refractivity contribution < 1.29 is 19.5 Å². The summed E-state index contributed by atoms with van der Waals surface area (Å²) in [5, 5.41) is 10.8. The molecule has 2 bridgehead atoms. The molecule has 1 aromatic rings. The molecule has 0 radical (unpaired) electrons. The lowest BCUT2D eigenvalue weighted by Crippen LogP contribution is -2.60. The lowest BCUT2D eigenvalue weighted by molar-refractivity contribution is -0.150. The fourth-order valence-corrected chi connectivity index (χ4v) is 10.5. The Morgan fingerprint density at radius 1 is 1.10 bits per heavy atom. The Kier molecular flexibility index (Phi) is 8.85. The molecule has 42 heavy (non-hydrogen) atoms. The molecule has 1 aromatic carbocycles. The Bertz CT molecular complexity index is 1230. The lowest BCUT2D eigenvalue weighted by atomic mass is 9.66. The van der Waals surface area contributed by atoms with Crippen molar-refractivity contribution in [1.29, 1.82) is 0 Å². The third kappa shape index (κ3) is 5.34. The number of aliphatic hydroxyl groups excluding tert-OH is 1. The molecule has 3 aliphatic heterocycles. The predicted molar refractivity (Wildman–Crippen MR) is 170 cm³/mol. The highest BCUT2D eigenvalue weighted by atomic mass is 32.2. The first-order valence-corrected chi connectivity index (χ1v) is 15.9. The van der Waals surface area contributed by atoms with Gasteiger partial charge in [0.1, 0.15) is 6.04 Å². The first-order chi connectivity index (χ1) is 19.6. The van der Waals surface area contributed by atoms with Crippen LogP contribution in [0.15, 0.2) is 55.6 Å². The number of likely N-dealkylation sites (tertiary alicyclic amines) is 1. The Morgan fingerprint density at radius 2 is 1.71 bits per heavy atom. The van der Waals surface area contributed by atoms with Crippen LogP contribution in [0.4, 0.5) is 0 Å². The monoisotopic (exact) mass is 595 g/mol. The molecule has 2 unspecified atom stereocenters. The van der Waals surface area contributed by atoms with E-state index in [1.807, 2.05) is 35.2 Å². The molecule has 3 fully saturated rings. The second kappa shape index (κ2) is 11.5. The molecule has 4 rings (SSSR count). The molecule has 3 heterocycles. The first-order valence-electron chi connectivity index (χ1n) is 15.0. The van der Waals surface area contributed by atoms with Gasteiger partial charge in [-0.15, -0.1) is 24.9 Å². The van der Waals surface area contributed by atoms with Crippen LogP contribution in [-0.4, -0.2) is 85.3 Å². The van der Waals surface area contributed by atoms with Crippen LogP contribution in [0, 0.1) is 17.3 Å². The van der Waals surface area contributed by atoms with Gasteiger partial charge in [-0.2, -0.15) is 0 Å². The smallest absolute Gasteiger partial charge is 0.247 e. The lowest BCUT2D eigenvalue weighted by Gasteiger charge is -2.46. The van der Waals surface area contributed by atoms with Crippen LogP contribution in [0.25, 0.3) is 0 Å². The van der Waals surface area contributed by atoms with E-state index >= 15 is 4.79 Å². The zero-order valence-electron chi connectivity index (χ0n) is 26.4. The number of likely N-dealkylation sites (N-methyl/N-ethyl adjacent to an activating group) is 1. The van der Waals surface area contributed by atoms with Gasteiger partial charge >= 0.3 is 0 Å². The van der Waals surface area contributed by atoms with Gasteiger partial charge in [0, 0.05) is 30.4 Å². The Labute approximate surface area is 256 Å². The molecule has 7 nitrogen and oxygen atoms in total. The second-order valence-corrected chi connectivity index (χ2v) is 16.3. The molecule has 3 amide bonds. The van der Waals surface area contributed by atoms with Crippen molar-refractivity contribution in [3.63, 3.8) is 0 Å². The minimum absolute atomic E-state index is 0.0475. The Balaban J connectivity index is 1.90. The van der Waals surface area contributed by atoms with Crippen LogP contribution in [0.3, 0.4) is 0 Å². The molecule has 0 aromatic heterocycles. The average molecular weight is 596 g/mol. The van der Waals surface area contributed by atoms with Crippen LogP contribution in [0.2, 0.25) is 0 Å². The van der Waals surface area contributed by atoms with E-state index in [1.54, 1.807) is 40.8 Å². The number of hydrogen-bond donors (Lipinski definition) is 1. The van der Waals surface area contributed by atoms with Crippen molar-refractivity contribution in [3.8, 4) is 0 Å². The topological polar surface area (TPSA) is 81.2 Å². The molecule has 1 spiro atoms. The second-order valence-electron chi connectivity index (χ2n) is 14.4. The molecular weight excluding hydrogens is 546 g/mol. The molecule has 1 N–H and O–H groups in total. The van der Waals surface area contributed by atoms with E-state index in [2.05, 4.69) is 54.7 Å². The number of thioether (sulfide) groups is 1. The molecule has 3 aliphatic rings. The van der Waals surface area contributed by atoms with E-state index in [9.17, 15) is 14.7 Å². The quantitative estimate of drug-likeness (QED) is 0.361. The molecule has 0 aliphatic carbocycles. The van der Waals surface area contributed by atoms with Gasteiger partial charge < -0.3 is 19.8 Å². The number of carbonyl (C=O) groups excluding carboxylic acids is 3. The van der Waals surface area contributed by atoms with Gasteiger partial charge in [0.05, 0.1) is 29.2 Å². The van der Waals surface area contributed by atoms with Gasteiger partial charge in [0.15, 0.2) is 0 Å². The van der Waals surface area contributed by atoms with Crippen molar-refractivity contribution in [2.24, 2.45) is 17.3 Å². The largest absolute Gasteiger partial charge is 0.394 e. The molecule has 0 saturated carbocycles. The number of aliphatic hydroxyl groups is 1. The van der Waals surface area contributed by atoms with Crippen molar-refractivity contribution in [3.05, 3.63) is 61.2 Å². The molecule has 6 atom stereocenters. The Hall–Kier alpha value is -2.58. The normalized spacial score (nSPS) is 29.3. The molecule has 8 heteroatoms. The predicted octanol–water partition coefficient (Wildman–Crippen LogP) is 5.08. The zero-order chi connectivity index (χ0) is 31.3. The minimum atomic E-state index is -0.833. The number of fused-ring (bicyclic) bond motifs is 1. The van der Waals surface area contributed by atoms with E-state index in [0.717, 1.165) is 18.4 Å². The number of nitrogens with zero attached hydrogens (tertiary/aromatic N) is 3. The zero-order valence-corrected chi connectivity index (χ0v) is 27.2. The van der Waals surface area contributed by atoms with Gasteiger partial charge in [-0.3, -0.25) is 14.4 Å². The fourth-order valence-electron chi connectivity index (χ4n) is 8.21. The first kappa shape index (κ1) is 32.3. The molecule has 230 valence electrons. The van der Waals surface area contributed by atoms with E-state index < -0.39 is 39.0 Å². The number of benzene rings is 1. The highest BCUT2D eigenvalue weighted by Crippen LogP contribution is 2.72. The van der Waals surface area contributed by atoms with Crippen LogP contribution in [0.5, 0.6) is 0 Å². The van der Waals surface area contributed by atoms with Crippen molar-refractivity contribution in [2.75, 3.05) is 26.7 Å². The van der Waals surface area contributed by atoms with Crippen LogP contribution in [0.1, 0.15) is 72.4 Å². The van der Waals surface area contributed by atoms with E-state index in [4.69, 9.17) is 0 Å². The van der Waals surface area contributed by atoms with Gasteiger partial charge in [-0.25, -0.2) is 0 Å². The van der Waals surface area contributed by atoms with Gasteiger partial charge in [0.2, 0.25) is 17.7 Å². The number of hydrogen-bond acceptors (Lipinski definition) is 5. The average Bonchev–Trinajstić information content (AvgIpc) is 3.47. The maximum atomic E-state index is 15.1. The van der Waals surface area contributed by atoms with Crippen molar-refractivity contribution in [2.45, 2.75) is 87.9 Å². The van der Waals surface area contributed by atoms with Crippen molar-refractivity contribution in [1.82, 2.24) is 14.7 Å². The number of rotatable bonds is 11. The maximum absolute atomic E-state index is 15.1. The summed E-state index contributed by atoms with van der Waals surface area (Å²) >= 11 is 1.66. The van der Waals surface area contributed by atoms with E-state index in [-0.39, 0.29) is 29.7 Å². The third-order valence-electron chi connectivity index (χ3n) is 9.46. The van der Waals surface area contributed by atoms with Crippen LogP contribution < -0.4 is 0 Å². The standard InChI is InChI=1S/C34H49N3O4S/c1-10-19-35(9)28(39)25-26-29(40)37(24(21-38)23-15-13-12-14-16-23)27(34(26)18-17-33(25,8)42-34)30(41)36(20-11-2)32(6,7)22-31(3,4)5/h10-16,24-27,38H,1-2,17-22H2,3-9H3/t24-,25+,26+,27?,33-,34?/m1/s1. The van der Waals surface area contributed by atoms with Gasteiger partial charge in [-0.1, -0.05) is 63.3 Å². The van der Waals surface area contributed by atoms with Gasteiger partial charge in [-0.05, 0) is 51.0 Å². The van der Waals surface area contributed by atoms with Crippen LogP contribution in [-0.2, 0) is 14.4 Å². The summed E-state index contributed by atoms with van der Waals surface area (Å²) in [6.07, 6.45) is 5.57. The summed E-state index contributed by atoms with van der Waals surface area (Å²) in [6, 6.07) is 7.88. The summed E-state index contributed by atoms with van der Waals surface area (Å²) in [7, 11) is 1.75. The number of amides is 3. The summed E-state index contributed by atoms with van der Waals surface area (Å²) in [6.45, 7) is 20.9. The summed E-state index contributed by atoms with van der Waals surface area (Å²) in [4.78, 5) is 49.0. The van der Waals surface area contributed by atoms with Crippen molar-refractivity contribution >= 4 is 29.5 Å². The third-order valence-corrected chi connectivity index (χ3v) is 11.4. The van der Waals surface area contributed by atoms with Gasteiger partial charge in [0.25, 0.3) is 0 Å². The van der Waals surface area contributed by atoms with E-state index in [0.29, 0.717) is 19.5 Å². The number of carbonyl (C=O) groups is 3. The summed E-state index contributed by atoms with van der Waals surface area (Å²) < 4.78 is -1.25. The highest BCUT2D eigenvalue weighted by Gasteiger charge is 2.78. The minimum Gasteiger partial charge on any atom is -0.394 e. The molecular formula is C34H49N3O4S. The Morgan fingerprint density at radius 3 is 2.26 bits per heavy atom. The molecule has 3 saturated heterocycles.